The Hall–Kier alpha value is -2.67. The number of esters is 2. The van der Waals surface area contributed by atoms with Crippen molar-refractivity contribution in [2.75, 3.05) is 26.4 Å². The molecule has 0 aromatic rings. The largest absolute Gasteiger partial charge is 0.472 e. The molecule has 0 amide bonds. The molecular weight excluding hydrogens is 824 g/mol. The Morgan fingerprint density at radius 3 is 1.60 bits per heavy atom. The molecule has 63 heavy (non-hydrogen) atoms. The Balaban J connectivity index is 4.45. The summed E-state index contributed by atoms with van der Waals surface area (Å²) in [5.74, 6) is -0.267. The minimum atomic E-state index is -4.67. The smallest absolute Gasteiger partial charge is 0.462 e. The van der Waals surface area contributed by atoms with Crippen LogP contribution in [0.2, 0.25) is 0 Å². The normalized spacial score (nSPS) is 15.4. The van der Waals surface area contributed by atoms with Gasteiger partial charge in [0.15, 0.2) is 6.10 Å². The van der Waals surface area contributed by atoms with Crippen molar-refractivity contribution >= 4 is 19.8 Å². The number of aliphatic hydroxyl groups is 4. The highest BCUT2D eigenvalue weighted by Gasteiger charge is 2.27. The summed E-state index contributed by atoms with van der Waals surface area (Å²) in [4.78, 5) is 35.1. The van der Waals surface area contributed by atoms with Gasteiger partial charge < -0.3 is 34.8 Å². The van der Waals surface area contributed by atoms with Crippen molar-refractivity contribution in [1.29, 1.82) is 0 Å². The van der Waals surface area contributed by atoms with E-state index in [1.807, 2.05) is 43.4 Å². The molecule has 0 aliphatic heterocycles. The van der Waals surface area contributed by atoms with Gasteiger partial charge in [-0.2, -0.15) is 0 Å². The number of rotatable bonds is 43. The molecular formula is C50H87O12P. The van der Waals surface area contributed by atoms with Crippen LogP contribution in [0.4, 0.5) is 0 Å². The summed E-state index contributed by atoms with van der Waals surface area (Å²) >= 11 is 0. The van der Waals surface area contributed by atoms with Crippen molar-refractivity contribution in [2.45, 2.75) is 199 Å². The molecule has 0 heterocycles. The number of allylic oxidation sites excluding steroid dienone is 8. The fraction of sp³-hybridized carbons (Fsp3) is 0.720. The van der Waals surface area contributed by atoms with E-state index < -0.39 is 64.0 Å². The monoisotopic (exact) mass is 911 g/mol. The van der Waals surface area contributed by atoms with E-state index in [1.54, 1.807) is 36.5 Å². The Bertz CT molecular complexity index is 1320. The zero-order valence-corrected chi connectivity index (χ0v) is 40.0. The third-order valence-corrected chi connectivity index (χ3v) is 10.9. The average Bonchev–Trinajstić information content (AvgIpc) is 3.25. The van der Waals surface area contributed by atoms with Gasteiger partial charge in [-0.3, -0.25) is 18.6 Å². The van der Waals surface area contributed by atoms with Gasteiger partial charge in [-0.1, -0.05) is 196 Å². The summed E-state index contributed by atoms with van der Waals surface area (Å²) < 4.78 is 32.7. The molecule has 364 valence electrons. The fourth-order valence-electron chi connectivity index (χ4n) is 6.26. The Kier molecular flexibility index (Phi) is 41.4. The Morgan fingerprint density at radius 1 is 0.587 bits per heavy atom. The van der Waals surface area contributed by atoms with Gasteiger partial charge in [0, 0.05) is 12.8 Å². The van der Waals surface area contributed by atoms with Gasteiger partial charge in [-0.25, -0.2) is 4.57 Å². The molecule has 0 aromatic carbocycles. The summed E-state index contributed by atoms with van der Waals surface area (Å²) in [7, 11) is -4.67. The van der Waals surface area contributed by atoms with Crippen LogP contribution in [0, 0.1) is 5.92 Å². The van der Waals surface area contributed by atoms with Crippen LogP contribution in [-0.2, 0) is 32.7 Å². The van der Waals surface area contributed by atoms with Gasteiger partial charge in [0.25, 0.3) is 0 Å². The first kappa shape index (κ1) is 60.3. The van der Waals surface area contributed by atoms with Crippen LogP contribution >= 0.6 is 7.82 Å². The van der Waals surface area contributed by atoms with Gasteiger partial charge in [-0.15, -0.1) is 0 Å². The number of carbonyl (C=O) groups excluding carboxylic acids is 2. The summed E-state index contributed by atoms with van der Waals surface area (Å²) in [6, 6.07) is 0. The number of ether oxygens (including phenoxy) is 2. The number of hydrogen-bond donors (Lipinski definition) is 5. The van der Waals surface area contributed by atoms with Crippen LogP contribution in [0.25, 0.3) is 0 Å². The van der Waals surface area contributed by atoms with Crippen molar-refractivity contribution in [3.63, 3.8) is 0 Å². The van der Waals surface area contributed by atoms with E-state index in [1.165, 1.54) is 83.5 Å². The highest BCUT2D eigenvalue weighted by molar-refractivity contribution is 7.47. The molecule has 5 atom stereocenters. The topological polar surface area (TPSA) is 189 Å². The predicted octanol–water partition coefficient (Wildman–Crippen LogP) is 11.0. The second-order valence-electron chi connectivity index (χ2n) is 16.6. The maximum absolute atomic E-state index is 12.6. The lowest BCUT2D eigenvalue weighted by atomic mass is 10.0. The quantitative estimate of drug-likeness (QED) is 0.0128. The molecule has 5 N–H and O–H groups in total. The second kappa shape index (κ2) is 43.2. The number of hydrogen-bond acceptors (Lipinski definition) is 11. The van der Waals surface area contributed by atoms with E-state index in [-0.39, 0.29) is 19.4 Å². The van der Waals surface area contributed by atoms with E-state index >= 15 is 0 Å². The standard InChI is InChI=1S/C50H87O12P/c1-4-5-26-34-45(52)36-29-24-25-30-37-46(53)35-28-21-18-19-23-32-39-50(56)62-48(43-61-63(57,58)60-41-47(54)40-51)42-59-49(55)38-31-22-17-15-13-11-9-7-6-8-10-12-14-16-20-27-33-44(2)3/h5,19,21,23-26,28-30,36-37,44-48,51-54H,4,6-18,20,22,27,31-35,38-43H2,1-3H3,(H,57,58)/b23-19-,25-24-,26-5-,28-21-,36-29+,37-30+/t45-,46+,47-,48+/m0/s1. The van der Waals surface area contributed by atoms with Gasteiger partial charge in [0.05, 0.1) is 32.0 Å². The van der Waals surface area contributed by atoms with Gasteiger partial charge in [0.2, 0.25) is 0 Å². The van der Waals surface area contributed by atoms with Gasteiger partial charge in [0.1, 0.15) is 12.7 Å². The van der Waals surface area contributed by atoms with Crippen molar-refractivity contribution < 1.29 is 58.0 Å². The lowest BCUT2D eigenvalue weighted by Crippen LogP contribution is -2.29. The van der Waals surface area contributed by atoms with Crippen molar-refractivity contribution in [3.05, 3.63) is 72.9 Å². The minimum absolute atomic E-state index is 0.000581. The number of aliphatic hydroxyl groups excluding tert-OH is 4. The van der Waals surface area contributed by atoms with Gasteiger partial charge in [-0.05, 0) is 44.4 Å². The van der Waals surface area contributed by atoms with E-state index in [9.17, 15) is 34.4 Å². The number of unbranched alkanes of at least 4 members (excludes halogenated alkanes) is 15. The van der Waals surface area contributed by atoms with Crippen LogP contribution in [-0.4, -0.2) is 88.1 Å². The summed E-state index contributed by atoms with van der Waals surface area (Å²) in [6.07, 6.45) is 42.3. The minimum Gasteiger partial charge on any atom is -0.462 e. The molecule has 0 bridgehead atoms. The fourth-order valence-corrected chi connectivity index (χ4v) is 7.05. The number of carbonyl (C=O) groups is 2. The Labute approximate surface area is 381 Å². The van der Waals surface area contributed by atoms with Crippen molar-refractivity contribution in [3.8, 4) is 0 Å². The lowest BCUT2D eigenvalue weighted by Gasteiger charge is -2.20. The lowest BCUT2D eigenvalue weighted by molar-refractivity contribution is -0.161. The maximum Gasteiger partial charge on any atom is 0.472 e. The third-order valence-electron chi connectivity index (χ3n) is 9.98. The molecule has 0 saturated carbocycles. The third kappa shape index (κ3) is 44.3. The summed E-state index contributed by atoms with van der Waals surface area (Å²) in [6.45, 7) is 4.34. The second-order valence-corrected chi connectivity index (χ2v) is 18.1. The Morgan fingerprint density at radius 2 is 1.08 bits per heavy atom. The molecule has 13 heteroatoms. The molecule has 1 unspecified atom stereocenters. The first-order valence-electron chi connectivity index (χ1n) is 24.0. The molecule has 0 aliphatic carbocycles. The zero-order valence-electron chi connectivity index (χ0n) is 39.2. The van der Waals surface area contributed by atoms with Crippen LogP contribution in [0.15, 0.2) is 72.9 Å². The summed E-state index contributed by atoms with van der Waals surface area (Å²) in [5.41, 5.74) is 0. The first-order valence-corrected chi connectivity index (χ1v) is 25.5. The van der Waals surface area contributed by atoms with Crippen LogP contribution in [0.3, 0.4) is 0 Å². The SMILES string of the molecule is CC/C=C\C[C@H](O)/C=C/C=C\C=C\[C@H](O)C/C=C\C/C=C\CCC(=O)O[C@H](COC(=O)CCCCCCCCCCCCCCCCCCC(C)C)COP(=O)(O)OC[C@@H](O)CO. The molecule has 0 radical (unpaired) electrons. The number of phosphoric acid groups is 1. The van der Waals surface area contributed by atoms with Crippen LogP contribution in [0.5, 0.6) is 0 Å². The first-order chi connectivity index (χ1) is 30.4. The molecule has 0 aliphatic rings. The number of phosphoric ester groups is 1. The van der Waals surface area contributed by atoms with Gasteiger partial charge >= 0.3 is 19.8 Å². The highest BCUT2D eigenvalue weighted by Crippen LogP contribution is 2.43. The van der Waals surface area contributed by atoms with Crippen LogP contribution < -0.4 is 0 Å². The zero-order chi connectivity index (χ0) is 46.7. The van der Waals surface area contributed by atoms with Crippen molar-refractivity contribution in [2.24, 2.45) is 5.92 Å². The molecule has 0 aromatic heterocycles. The highest BCUT2D eigenvalue weighted by atomic mass is 31.2. The molecule has 0 fully saturated rings. The van der Waals surface area contributed by atoms with Crippen LogP contribution in [0.1, 0.15) is 175 Å². The molecule has 0 spiro atoms. The molecule has 12 nitrogen and oxygen atoms in total. The van der Waals surface area contributed by atoms with E-state index in [2.05, 4.69) is 18.4 Å². The van der Waals surface area contributed by atoms with Crippen molar-refractivity contribution in [1.82, 2.24) is 0 Å². The summed E-state index contributed by atoms with van der Waals surface area (Å²) in [5, 5.41) is 38.3. The average molecular weight is 911 g/mol. The maximum atomic E-state index is 12.6. The van der Waals surface area contributed by atoms with E-state index in [4.69, 9.17) is 19.1 Å². The van der Waals surface area contributed by atoms with E-state index in [0.717, 1.165) is 31.6 Å². The predicted molar refractivity (Wildman–Crippen MR) is 254 cm³/mol. The molecule has 0 saturated heterocycles. The van der Waals surface area contributed by atoms with E-state index in [0.29, 0.717) is 32.1 Å². The molecule has 0 rings (SSSR count).